The molecular weight excluding hydrogens is 380 g/mol. The lowest BCUT2D eigenvalue weighted by Gasteiger charge is -2.31. The van der Waals surface area contributed by atoms with E-state index >= 15 is 0 Å². The Morgan fingerprint density at radius 2 is 1.80 bits per heavy atom. The summed E-state index contributed by atoms with van der Waals surface area (Å²) in [6.07, 6.45) is 3.20. The number of anilines is 1. The van der Waals surface area contributed by atoms with Gasteiger partial charge in [-0.1, -0.05) is 18.2 Å². The summed E-state index contributed by atoms with van der Waals surface area (Å²) in [7, 11) is 3.37. The first-order chi connectivity index (χ1) is 14.6. The molecule has 0 bridgehead atoms. The van der Waals surface area contributed by atoms with Crippen molar-refractivity contribution in [2.24, 2.45) is 0 Å². The molecule has 1 atom stereocenters. The number of carbonyl (C=O) groups is 1. The van der Waals surface area contributed by atoms with E-state index in [-0.39, 0.29) is 12.6 Å². The van der Waals surface area contributed by atoms with Gasteiger partial charge in [0.05, 0.1) is 12.7 Å². The van der Waals surface area contributed by atoms with Gasteiger partial charge in [0.25, 0.3) is 0 Å². The van der Waals surface area contributed by atoms with Crippen LogP contribution in [0.25, 0.3) is 0 Å². The van der Waals surface area contributed by atoms with Gasteiger partial charge in [0.2, 0.25) is 0 Å². The standard InChI is InChI=1S/C24H32N2O4/c1-25(16-20-8-4-5-9-23(20)26-14-6-3-7-15-26)17-21(27)18-30-22-12-10-19(11-13-22)24(28)29-2/h4-5,8-13,21,27H,3,6-7,14-18H2,1-2H3/t21-/m1/s1. The molecule has 30 heavy (non-hydrogen) atoms. The molecule has 1 aliphatic heterocycles. The molecule has 1 heterocycles. The Hall–Kier alpha value is -2.57. The van der Waals surface area contributed by atoms with Crippen LogP contribution in [0.5, 0.6) is 5.75 Å². The number of para-hydroxylation sites is 1. The van der Waals surface area contributed by atoms with Crippen LogP contribution in [0.15, 0.2) is 48.5 Å². The highest BCUT2D eigenvalue weighted by Gasteiger charge is 2.16. The second-order valence-electron chi connectivity index (χ2n) is 7.85. The summed E-state index contributed by atoms with van der Waals surface area (Å²) >= 11 is 0. The predicted molar refractivity (Wildman–Crippen MR) is 118 cm³/mol. The van der Waals surface area contributed by atoms with Crippen molar-refractivity contribution < 1.29 is 19.4 Å². The number of piperidine rings is 1. The summed E-state index contributed by atoms with van der Waals surface area (Å²) in [5.41, 5.74) is 3.06. The molecule has 162 valence electrons. The van der Waals surface area contributed by atoms with E-state index < -0.39 is 6.10 Å². The summed E-state index contributed by atoms with van der Waals surface area (Å²) < 4.78 is 10.4. The zero-order valence-electron chi connectivity index (χ0n) is 17.9. The minimum atomic E-state index is -0.613. The highest BCUT2D eigenvalue weighted by molar-refractivity contribution is 5.89. The summed E-state index contributed by atoms with van der Waals surface area (Å²) in [6.45, 7) is 3.71. The van der Waals surface area contributed by atoms with E-state index in [2.05, 4.69) is 38.8 Å². The summed E-state index contributed by atoms with van der Waals surface area (Å²) in [5, 5.41) is 10.4. The Morgan fingerprint density at radius 1 is 1.10 bits per heavy atom. The summed E-state index contributed by atoms with van der Waals surface area (Å²) in [6, 6.07) is 15.3. The maximum atomic E-state index is 11.5. The zero-order valence-corrected chi connectivity index (χ0v) is 17.9. The van der Waals surface area contributed by atoms with E-state index in [1.165, 1.54) is 37.6 Å². The highest BCUT2D eigenvalue weighted by Crippen LogP contribution is 2.25. The molecule has 0 amide bonds. The molecule has 2 aromatic rings. The molecule has 3 rings (SSSR count). The SMILES string of the molecule is COC(=O)c1ccc(OC[C@H](O)CN(C)Cc2ccccc2N2CCCCC2)cc1. The van der Waals surface area contributed by atoms with Crippen LogP contribution in [0.1, 0.15) is 35.2 Å². The van der Waals surface area contributed by atoms with Crippen molar-refractivity contribution in [2.75, 3.05) is 45.3 Å². The molecule has 6 nitrogen and oxygen atoms in total. The van der Waals surface area contributed by atoms with Crippen LogP contribution in [0.2, 0.25) is 0 Å². The van der Waals surface area contributed by atoms with Gasteiger partial charge in [-0.05, 0) is 62.2 Å². The van der Waals surface area contributed by atoms with E-state index in [0.29, 0.717) is 17.9 Å². The van der Waals surface area contributed by atoms with Crippen molar-refractivity contribution in [3.05, 3.63) is 59.7 Å². The van der Waals surface area contributed by atoms with Gasteiger partial charge >= 0.3 is 5.97 Å². The molecule has 0 unspecified atom stereocenters. The molecule has 0 radical (unpaired) electrons. The van der Waals surface area contributed by atoms with E-state index in [9.17, 15) is 9.90 Å². The van der Waals surface area contributed by atoms with Crippen LogP contribution in [0.4, 0.5) is 5.69 Å². The monoisotopic (exact) mass is 412 g/mol. The van der Waals surface area contributed by atoms with Gasteiger partial charge in [0, 0.05) is 31.9 Å². The fraction of sp³-hybridized carbons (Fsp3) is 0.458. The fourth-order valence-corrected chi connectivity index (χ4v) is 3.85. The minimum Gasteiger partial charge on any atom is -0.491 e. The number of esters is 1. The third-order valence-corrected chi connectivity index (χ3v) is 5.37. The van der Waals surface area contributed by atoms with Gasteiger partial charge in [0.15, 0.2) is 0 Å². The van der Waals surface area contributed by atoms with Gasteiger partial charge in [-0.2, -0.15) is 0 Å². The number of hydrogen-bond acceptors (Lipinski definition) is 6. The molecule has 0 aliphatic carbocycles. The van der Waals surface area contributed by atoms with E-state index in [1.807, 2.05) is 7.05 Å². The lowest BCUT2D eigenvalue weighted by Crippen LogP contribution is -2.34. The summed E-state index contributed by atoms with van der Waals surface area (Å²) in [5.74, 6) is 0.229. The van der Waals surface area contributed by atoms with E-state index in [4.69, 9.17) is 4.74 Å². The van der Waals surface area contributed by atoms with Gasteiger partial charge in [-0.3, -0.25) is 4.90 Å². The first-order valence-corrected chi connectivity index (χ1v) is 10.6. The molecule has 0 aromatic heterocycles. The van der Waals surface area contributed by atoms with Crippen LogP contribution >= 0.6 is 0 Å². The van der Waals surface area contributed by atoms with Crippen molar-refractivity contribution >= 4 is 11.7 Å². The molecule has 1 saturated heterocycles. The Balaban J connectivity index is 1.49. The Bertz CT molecular complexity index is 803. The number of aliphatic hydroxyl groups excluding tert-OH is 1. The van der Waals surface area contributed by atoms with Gasteiger partial charge in [0.1, 0.15) is 18.5 Å². The molecular formula is C24H32N2O4. The van der Waals surface area contributed by atoms with E-state index in [0.717, 1.165) is 19.6 Å². The number of nitrogens with zero attached hydrogens (tertiary/aromatic N) is 2. The number of aliphatic hydroxyl groups is 1. The van der Waals surface area contributed by atoms with E-state index in [1.54, 1.807) is 24.3 Å². The van der Waals surface area contributed by atoms with Crippen molar-refractivity contribution in [3.8, 4) is 5.75 Å². The van der Waals surface area contributed by atoms with Crippen LogP contribution in [0.3, 0.4) is 0 Å². The number of ether oxygens (including phenoxy) is 2. The smallest absolute Gasteiger partial charge is 0.337 e. The summed E-state index contributed by atoms with van der Waals surface area (Å²) in [4.78, 5) is 16.1. The number of hydrogen-bond donors (Lipinski definition) is 1. The maximum absolute atomic E-state index is 11.5. The van der Waals surface area contributed by atoms with Crippen LogP contribution in [0, 0.1) is 0 Å². The molecule has 1 aliphatic rings. The number of rotatable bonds is 9. The molecule has 6 heteroatoms. The molecule has 1 N–H and O–H groups in total. The van der Waals surface area contributed by atoms with Gasteiger partial charge in [-0.25, -0.2) is 4.79 Å². The third-order valence-electron chi connectivity index (χ3n) is 5.37. The molecule has 0 spiro atoms. The molecule has 1 fully saturated rings. The van der Waals surface area contributed by atoms with Crippen molar-refractivity contribution in [3.63, 3.8) is 0 Å². The van der Waals surface area contributed by atoms with Gasteiger partial charge < -0.3 is 19.5 Å². The van der Waals surface area contributed by atoms with Gasteiger partial charge in [-0.15, -0.1) is 0 Å². The zero-order chi connectivity index (χ0) is 21.3. The Labute approximate surface area is 179 Å². The minimum absolute atomic E-state index is 0.190. The van der Waals surface area contributed by atoms with Crippen LogP contribution in [-0.2, 0) is 11.3 Å². The fourth-order valence-electron chi connectivity index (χ4n) is 3.85. The van der Waals surface area contributed by atoms with Crippen LogP contribution in [-0.4, -0.2) is 62.5 Å². The molecule has 0 saturated carbocycles. The van der Waals surface area contributed by atoms with Crippen molar-refractivity contribution in [1.29, 1.82) is 0 Å². The normalized spacial score (nSPS) is 15.1. The first-order valence-electron chi connectivity index (χ1n) is 10.6. The highest BCUT2D eigenvalue weighted by atomic mass is 16.5. The number of benzene rings is 2. The van der Waals surface area contributed by atoms with Crippen molar-refractivity contribution in [1.82, 2.24) is 4.90 Å². The van der Waals surface area contributed by atoms with Crippen LogP contribution < -0.4 is 9.64 Å². The largest absolute Gasteiger partial charge is 0.491 e. The number of methoxy groups -OCH3 is 1. The quantitative estimate of drug-likeness (QED) is 0.638. The topological polar surface area (TPSA) is 62.2 Å². The second-order valence-corrected chi connectivity index (χ2v) is 7.85. The second kappa shape index (κ2) is 11.0. The third kappa shape index (κ3) is 6.21. The predicted octanol–water partition coefficient (Wildman–Crippen LogP) is 3.34. The average molecular weight is 413 g/mol. The Morgan fingerprint density at radius 3 is 2.50 bits per heavy atom. The number of likely N-dealkylation sites (N-methyl/N-ethyl adjacent to an activating group) is 1. The number of carbonyl (C=O) groups excluding carboxylic acids is 1. The van der Waals surface area contributed by atoms with Crippen molar-refractivity contribution in [2.45, 2.75) is 31.9 Å². The lowest BCUT2D eigenvalue weighted by molar-refractivity contribution is 0.0600. The maximum Gasteiger partial charge on any atom is 0.337 e. The Kier molecular flexibility index (Phi) is 8.11. The lowest BCUT2D eigenvalue weighted by atomic mass is 10.1. The molecule has 2 aromatic carbocycles. The first kappa shape index (κ1) is 22.1. The average Bonchev–Trinajstić information content (AvgIpc) is 2.78.